The van der Waals surface area contributed by atoms with E-state index in [0.29, 0.717) is 22.4 Å². The maximum absolute atomic E-state index is 13.1. The van der Waals surface area contributed by atoms with Gasteiger partial charge in [-0.15, -0.1) is 5.10 Å². The molecule has 0 aliphatic carbocycles. The van der Waals surface area contributed by atoms with Crippen LogP contribution in [0, 0.1) is 11.3 Å². The molecule has 2 aromatic carbocycles. The number of amides is 3. The van der Waals surface area contributed by atoms with E-state index in [2.05, 4.69) is 26.9 Å². The fourth-order valence-electron chi connectivity index (χ4n) is 3.20. The number of aromatic nitrogens is 4. The number of benzene rings is 2. The van der Waals surface area contributed by atoms with E-state index in [0.717, 1.165) is 4.90 Å². The monoisotopic (exact) mass is 373 g/mol. The largest absolute Gasteiger partial charge is 0.325 e. The summed E-state index contributed by atoms with van der Waals surface area (Å²) < 4.78 is 1.47. The lowest BCUT2D eigenvalue weighted by atomic mass is 9.91. The Labute approximate surface area is 160 Å². The zero-order valence-electron chi connectivity index (χ0n) is 14.9. The summed E-state index contributed by atoms with van der Waals surface area (Å²) in [6, 6.07) is 15.5. The van der Waals surface area contributed by atoms with Crippen LogP contribution in [0.1, 0.15) is 23.6 Å². The lowest BCUT2D eigenvalue weighted by molar-refractivity contribution is -0.131. The second-order valence-electron chi connectivity index (χ2n) is 6.56. The summed E-state index contributed by atoms with van der Waals surface area (Å²) in [4.78, 5) is 26.8. The molecular formula is C19H15N7O2. The topological polar surface area (TPSA) is 117 Å². The number of nitriles is 1. The highest BCUT2D eigenvalue weighted by molar-refractivity contribution is 6.07. The predicted molar refractivity (Wildman–Crippen MR) is 96.7 cm³/mol. The predicted octanol–water partition coefficient (Wildman–Crippen LogP) is 1.50. The number of hydrogen-bond donors (Lipinski definition) is 1. The minimum atomic E-state index is -1.21. The number of tetrazole rings is 1. The molecule has 1 N–H and O–H groups in total. The van der Waals surface area contributed by atoms with Gasteiger partial charge in [-0.25, -0.2) is 9.48 Å². The highest BCUT2D eigenvalue weighted by Crippen LogP contribution is 2.30. The maximum atomic E-state index is 13.1. The molecule has 1 aliphatic heterocycles. The van der Waals surface area contributed by atoms with Crippen molar-refractivity contribution < 1.29 is 9.59 Å². The summed E-state index contributed by atoms with van der Waals surface area (Å²) in [5.41, 5.74) is 1.25. The molecule has 1 aromatic heterocycles. The van der Waals surface area contributed by atoms with Gasteiger partial charge in [-0.2, -0.15) is 5.26 Å². The molecule has 9 nitrogen and oxygen atoms in total. The van der Waals surface area contributed by atoms with E-state index in [-0.39, 0.29) is 12.5 Å². The van der Waals surface area contributed by atoms with Gasteiger partial charge in [0.2, 0.25) is 0 Å². The molecule has 138 valence electrons. The van der Waals surface area contributed by atoms with E-state index in [4.69, 9.17) is 5.26 Å². The number of nitrogens with one attached hydrogen (secondary N) is 1. The first kappa shape index (κ1) is 17.4. The summed E-state index contributed by atoms with van der Waals surface area (Å²) in [6.07, 6.45) is 1.45. The fourth-order valence-corrected chi connectivity index (χ4v) is 3.20. The van der Waals surface area contributed by atoms with Crippen LogP contribution in [0.15, 0.2) is 54.9 Å². The molecule has 1 atom stereocenters. The molecule has 0 radical (unpaired) electrons. The lowest BCUT2D eigenvalue weighted by Crippen LogP contribution is -2.40. The van der Waals surface area contributed by atoms with Crippen molar-refractivity contribution in [2.24, 2.45) is 0 Å². The smallest absolute Gasteiger partial charge is 0.319 e. The number of imide groups is 1. The number of urea groups is 1. The van der Waals surface area contributed by atoms with E-state index < -0.39 is 11.6 Å². The van der Waals surface area contributed by atoms with Crippen molar-refractivity contribution >= 4 is 11.9 Å². The van der Waals surface area contributed by atoms with Crippen molar-refractivity contribution in [2.45, 2.75) is 19.0 Å². The first-order valence-electron chi connectivity index (χ1n) is 8.48. The van der Waals surface area contributed by atoms with Crippen LogP contribution in [-0.2, 0) is 16.9 Å². The summed E-state index contributed by atoms with van der Waals surface area (Å²) in [5, 5.41) is 22.9. The van der Waals surface area contributed by atoms with Crippen LogP contribution >= 0.6 is 0 Å². The van der Waals surface area contributed by atoms with E-state index in [1.165, 1.54) is 11.0 Å². The molecule has 1 aliphatic rings. The number of nitrogens with zero attached hydrogens (tertiary/aromatic N) is 6. The molecule has 9 heteroatoms. The summed E-state index contributed by atoms with van der Waals surface area (Å²) >= 11 is 0. The van der Waals surface area contributed by atoms with Crippen molar-refractivity contribution in [1.82, 2.24) is 30.4 Å². The minimum absolute atomic E-state index is 0.0858. The number of hydrogen-bond acceptors (Lipinski definition) is 6. The Balaban J connectivity index is 1.64. The third-order valence-electron chi connectivity index (χ3n) is 4.71. The quantitative estimate of drug-likeness (QED) is 0.693. The zero-order chi connectivity index (χ0) is 19.7. The Hall–Kier alpha value is -4.06. The van der Waals surface area contributed by atoms with Gasteiger partial charge >= 0.3 is 6.03 Å². The Morgan fingerprint density at radius 1 is 1.18 bits per heavy atom. The third kappa shape index (κ3) is 2.87. The van der Waals surface area contributed by atoms with Gasteiger partial charge in [0.15, 0.2) is 0 Å². The summed E-state index contributed by atoms with van der Waals surface area (Å²) in [5.74, 6) is -0.367. The average Bonchev–Trinajstić information content (AvgIpc) is 3.32. The molecule has 1 saturated heterocycles. The first-order chi connectivity index (χ1) is 13.5. The molecular weight excluding hydrogens is 358 g/mol. The van der Waals surface area contributed by atoms with Crippen molar-refractivity contribution in [3.05, 3.63) is 71.5 Å². The van der Waals surface area contributed by atoms with Crippen LogP contribution in [0.4, 0.5) is 4.79 Å². The van der Waals surface area contributed by atoms with E-state index >= 15 is 0 Å². The second kappa shape index (κ2) is 6.59. The molecule has 4 rings (SSSR count). The molecule has 28 heavy (non-hydrogen) atoms. The van der Waals surface area contributed by atoms with Gasteiger partial charge in [-0.05, 0) is 52.7 Å². The molecule has 0 unspecified atom stereocenters. The molecule has 0 bridgehead atoms. The number of rotatable bonds is 4. The highest BCUT2D eigenvalue weighted by atomic mass is 16.2. The van der Waals surface area contributed by atoms with Gasteiger partial charge < -0.3 is 5.32 Å². The van der Waals surface area contributed by atoms with Gasteiger partial charge in [0.1, 0.15) is 11.9 Å². The van der Waals surface area contributed by atoms with Crippen LogP contribution in [0.5, 0.6) is 0 Å². The van der Waals surface area contributed by atoms with Crippen LogP contribution in [0.3, 0.4) is 0 Å². The van der Waals surface area contributed by atoms with Gasteiger partial charge in [0.05, 0.1) is 23.9 Å². The van der Waals surface area contributed by atoms with Gasteiger partial charge in [0, 0.05) is 0 Å². The fraction of sp³-hybridized carbons (Fsp3) is 0.158. The maximum Gasteiger partial charge on any atom is 0.325 e. The minimum Gasteiger partial charge on any atom is -0.319 e. The van der Waals surface area contributed by atoms with Crippen LogP contribution < -0.4 is 5.32 Å². The van der Waals surface area contributed by atoms with Gasteiger partial charge in [0.25, 0.3) is 5.91 Å². The molecule has 0 saturated carbocycles. The van der Waals surface area contributed by atoms with Gasteiger partial charge in [-0.3, -0.25) is 9.69 Å². The second-order valence-corrected chi connectivity index (χ2v) is 6.56. The highest BCUT2D eigenvalue weighted by Gasteiger charge is 2.49. The van der Waals surface area contributed by atoms with Crippen LogP contribution in [0.25, 0.3) is 5.69 Å². The molecule has 0 spiro atoms. The Kier molecular flexibility index (Phi) is 4.08. The van der Waals surface area contributed by atoms with Crippen molar-refractivity contribution in [3.63, 3.8) is 0 Å². The van der Waals surface area contributed by atoms with Crippen molar-refractivity contribution in [1.29, 1.82) is 5.26 Å². The lowest BCUT2D eigenvalue weighted by Gasteiger charge is -2.23. The standard InChI is InChI=1S/C19H15N7O2/c1-19(15-6-3-7-16(9-15)26-12-21-23-24-26)17(27)25(18(28)22-19)11-14-5-2-4-13(8-14)10-20/h2-9,12H,11H2,1H3,(H,22,28)/t19-/m0/s1. The van der Waals surface area contributed by atoms with Crippen LogP contribution in [0.2, 0.25) is 0 Å². The summed E-state index contributed by atoms with van der Waals surface area (Å²) in [7, 11) is 0. The molecule has 3 aromatic rings. The molecule has 3 amide bonds. The van der Waals surface area contributed by atoms with E-state index in [1.807, 2.05) is 0 Å². The Morgan fingerprint density at radius 3 is 2.75 bits per heavy atom. The van der Waals surface area contributed by atoms with Crippen LogP contribution in [-0.4, -0.2) is 37.0 Å². The first-order valence-corrected chi connectivity index (χ1v) is 8.48. The van der Waals surface area contributed by atoms with E-state index in [1.54, 1.807) is 55.5 Å². The zero-order valence-corrected chi connectivity index (χ0v) is 14.9. The Bertz CT molecular complexity index is 1100. The number of carbonyl (C=O) groups is 2. The third-order valence-corrected chi connectivity index (χ3v) is 4.71. The normalized spacial score (nSPS) is 18.8. The molecule has 2 heterocycles. The average molecular weight is 373 g/mol. The SMILES string of the molecule is C[C@@]1(c2cccc(-n3cnnn3)c2)NC(=O)N(Cc2cccc(C#N)c2)C1=O. The van der Waals surface area contributed by atoms with Gasteiger partial charge in [-0.1, -0.05) is 24.3 Å². The van der Waals surface area contributed by atoms with Crippen molar-refractivity contribution in [2.75, 3.05) is 0 Å². The Morgan fingerprint density at radius 2 is 2.00 bits per heavy atom. The van der Waals surface area contributed by atoms with E-state index in [9.17, 15) is 9.59 Å². The van der Waals surface area contributed by atoms with Crippen molar-refractivity contribution in [3.8, 4) is 11.8 Å². The summed E-state index contributed by atoms with van der Waals surface area (Å²) in [6.45, 7) is 1.75. The molecule has 1 fully saturated rings. The number of carbonyl (C=O) groups excluding carboxylic acids is 2.